The first-order valence-corrected chi connectivity index (χ1v) is 6.95. The monoisotopic (exact) mass is 266 g/mol. The van der Waals surface area contributed by atoms with Gasteiger partial charge >= 0.3 is 0 Å². The third-order valence-corrected chi connectivity index (χ3v) is 3.49. The molecule has 0 atom stereocenters. The van der Waals surface area contributed by atoms with Crippen molar-refractivity contribution in [3.8, 4) is 11.3 Å². The van der Waals surface area contributed by atoms with E-state index in [2.05, 4.69) is 41.3 Å². The Balaban J connectivity index is 2.04. The Bertz CT molecular complexity index is 713. The largest absolute Gasteiger partial charge is 0.330 e. The second kappa shape index (κ2) is 5.43. The molecule has 20 heavy (non-hydrogen) atoms. The van der Waals surface area contributed by atoms with E-state index in [0.29, 0.717) is 6.54 Å². The summed E-state index contributed by atoms with van der Waals surface area (Å²) < 4.78 is 1.88. The minimum absolute atomic E-state index is 0.602. The van der Waals surface area contributed by atoms with Gasteiger partial charge in [0.1, 0.15) is 0 Å². The van der Waals surface area contributed by atoms with E-state index >= 15 is 0 Å². The lowest BCUT2D eigenvalue weighted by Gasteiger charge is -2.05. The Kier molecular flexibility index (Phi) is 3.48. The molecule has 3 aromatic rings. The van der Waals surface area contributed by atoms with Crippen molar-refractivity contribution >= 4 is 5.65 Å². The maximum absolute atomic E-state index is 5.62. The molecule has 0 amide bonds. The molecule has 4 nitrogen and oxygen atoms in total. The van der Waals surface area contributed by atoms with Gasteiger partial charge in [0, 0.05) is 12.0 Å². The minimum atomic E-state index is 0.602. The van der Waals surface area contributed by atoms with Crippen LogP contribution in [0.1, 0.15) is 18.2 Å². The van der Waals surface area contributed by atoms with Crippen LogP contribution in [-0.4, -0.2) is 21.1 Å². The topological polar surface area (TPSA) is 56.2 Å². The first-order valence-electron chi connectivity index (χ1n) is 6.95. The van der Waals surface area contributed by atoms with Crippen molar-refractivity contribution in [2.75, 3.05) is 6.54 Å². The van der Waals surface area contributed by atoms with Crippen LogP contribution in [0.4, 0.5) is 0 Å². The van der Waals surface area contributed by atoms with Gasteiger partial charge in [-0.3, -0.25) is 0 Å². The molecule has 2 heterocycles. The highest BCUT2D eigenvalue weighted by atomic mass is 15.3. The molecular weight excluding hydrogens is 248 g/mol. The maximum Gasteiger partial charge on any atom is 0.153 e. The summed E-state index contributed by atoms with van der Waals surface area (Å²) >= 11 is 0. The summed E-state index contributed by atoms with van der Waals surface area (Å²) in [5, 5.41) is 4.68. The highest BCUT2D eigenvalue weighted by Gasteiger charge is 2.06. The quantitative estimate of drug-likeness (QED) is 0.789. The number of imidazole rings is 1. The average Bonchev–Trinajstić information content (AvgIpc) is 2.90. The fourth-order valence-electron chi connectivity index (χ4n) is 2.30. The van der Waals surface area contributed by atoms with Gasteiger partial charge < -0.3 is 5.73 Å². The van der Waals surface area contributed by atoms with Gasteiger partial charge in [-0.2, -0.15) is 5.10 Å². The van der Waals surface area contributed by atoms with Crippen LogP contribution in [0.15, 0.2) is 42.6 Å². The van der Waals surface area contributed by atoms with E-state index in [-0.39, 0.29) is 0 Å². The summed E-state index contributed by atoms with van der Waals surface area (Å²) in [4.78, 5) is 4.34. The zero-order chi connectivity index (χ0) is 13.9. The lowest BCUT2D eigenvalue weighted by atomic mass is 10.1. The van der Waals surface area contributed by atoms with Crippen LogP contribution in [-0.2, 0) is 12.8 Å². The molecule has 0 saturated carbocycles. The van der Waals surface area contributed by atoms with Crippen LogP contribution >= 0.6 is 0 Å². The van der Waals surface area contributed by atoms with Crippen LogP contribution in [0.5, 0.6) is 0 Å². The van der Waals surface area contributed by atoms with Crippen molar-refractivity contribution in [3.05, 3.63) is 53.9 Å². The Labute approximate surface area is 118 Å². The molecule has 0 fully saturated rings. The van der Waals surface area contributed by atoms with E-state index in [0.717, 1.165) is 35.4 Å². The van der Waals surface area contributed by atoms with Crippen molar-refractivity contribution in [1.29, 1.82) is 0 Å². The van der Waals surface area contributed by atoms with Gasteiger partial charge in [-0.1, -0.05) is 31.2 Å². The Morgan fingerprint density at radius 1 is 1.10 bits per heavy atom. The zero-order valence-electron chi connectivity index (χ0n) is 11.6. The molecule has 0 bridgehead atoms. The summed E-state index contributed by atoms with van der Waals surface area (Å²) in [6.07, 6.45) is 3.68. The molecule has 0 aliphatic heterocycles. The lowest BCUT2D eigenvalue weighted by molar-refractivity contribution is 0.830. The predicted octanol–water partition coefficient (Wildman–Crippen LogP) is 2.46. The molecule has 0 radical (unpaired) electrons. The molecule has 2 N–H and O–H groups in total. The Hall–Kier alpha value is -2.20. The van der Waals surface area contributed by atoms with Gasteiger partial charge in [-0.25, -0.2) is 9.50 Å². The van der Waals surface area contributed by atoms with Crippen LogP contribution in [0.2, 0.25) is 0 Å². The van der Waals surface area contributed by atoms with Crippen molar-refractivity contribution in [3.63, 3.8) is 0 Å². The second-order valence-electron chi connectivity index (χ2n) is 4.83. The average molecular weight is 266 g/mol. The SMILES string of the molecule is CCc1ccc(-c2ccc3ncc(CCN)n3n2)cc1. The number of nitrogens with zero attached hydrogens (tertiary/aromatic N) is 3. The van der Waals surface area contributed by atoms with Crippen molar-refractivity contribution in [2.24, 2.45) is 5.73 Å². The molecule has 0 spiro atoms. The number of aromatic nitrogens is 3. The van der Waals surface area contributed by atoms with Gasteiger partial charge in [0.2, 0.25) is 0 Å². The summed E-state index contributed by atoms with van der Waals surface area (Å²) in [7, 11) is 0. The Morgan fingerprint density at radius 3 is 2.60 bits per heavy atom. The van der Waals surface area contributed by atoms with Crippen LogP contribution in [0, 0.1) is 0 Å². The third-order valence-electron chi connectivity index (χ3n) is 3.49. The standard InChI is InChI=1S/C16H18N4/c1-2-12-3-5-13(6-4-12)15-7-8-16-18-11-14(9-10-17)20(16)19-15/h3-8,11H,2,9-10,17H2,1H3. The zero-order valence-corrected chi connectivity index (χ0v) is 11.6. The minimum Gasteiger partial charge on any atom is -0.330 e. The molecule has 0 saturated heterocycles. The summed E-state index contributed by atoms with van der Waals surface area (Å²) in [5.74, 6) is 0. The molecule has 102 valence electrons. The number of hydrogen-bond acceptors (Lipinski definition) is 3. The molecule has 2 aromatic heterocycles. The summed E-state index contributed by atoms with van der Waals surface area (Å²) in [6.45, 7) is 2.76. The van der Waals surface area contributed by atoms with Crippen LogP contribution in [0.3, 0.4) is 0 Å². The van der Waals surface area contributed by atoms with E-state index in [1.807, 2.05) is 22.8 Å². The molecule has 4 heteroatoms. The second-order valence-corrected chi connectivity index (χ2v) is 4.83. The normalized spacial score (nSPS) is 11.1. The third kappa shape index (κ3) is 2.30. The van der Waals surface area contributed by atoms with E-state index in [9.17, 15) is 0 Å². The number of fused-ring (bicyclic) bond motifs is 1. The number of aryl methyl sites for hydroxylation is 1. The van der Waals surface area contributed by atoms with Gasteiger partial charge in [-0.15, -0.1) is 0 Å². The van der Waals surface area contributed by atoms with Crippen molar-refractivity contribution < 1.29 is 0 Å². The van der Waals surface area contributed by atoms with E-state index in [1.165, 1.54) is 5.56 Å². The molecule has 1 aromatic carbocycles. The molecule has 0 aliphatic rings. The van der Waals surface area contributed by atoms with Crippen LogP contribution < -0.4 is 5.73 Å². The van der Waals surface area contributed by atoms with E-state index < -0.39 is 0 Å². The van der Waals surface area contributed by atoms with E-state index in [1.54, 1.807) is 0 Å². The fourth-order valence-corrected chi connectivity index (χ4v) is 2.30. The van der Waals surface area contributed by atoms with Crippen molar-refractivity contribution in [2.45, 2.75) is 19.8 Å². The van der Waals surface area contributed by atoms with E-state index in [4.69, 9.17) is 5.73 Å². The van der Waals surface area contributed by atoms with Crippen LogP contribution in [0.25, 0.3) is 16.9 Å². The molecule has 3 rings (SSSR count). The smallest absolute Gasteiger partial charge is 0.153 e. The maximum atomic E-state index is 5.62. The number of nitrogens with two attached hydrogens (primary N) is 1. The van der Waals surface area contributed by atoms with Crippen molar-refractivity contribution in [1.82, 2.24) is 14.6 Å². The highest BCUT2D eigenvalue weighted by molar-refractivity contribution is 5.60. The fraction of sp³-hybridized carbons (Fsp3) is 0.250. The van der Waals surface area contributed by atoms with Gasteiger partial charge in [-0.05, 0) is 30.7 Å². The molecule has 0 aliphatic carbocycles. The van der Waals surface area contributed by atoms with Gasteiger partial charge in [0.15, 0.2) is 5.65 Å². The number of hydrogen-bond donors (Lipinski definition) is 1. The lowest BCUT2D eigenvalue weighted by Crippen LogP contribution is -2.06. The molecular formula is C16H18N4. The predicted molar refractivity (Wildman–Crippen MR) is 80.6 cm³/mol. The van der Waals surface area contributed by atoms with Gasteiger partial charge in [0.05, 0.1) is 17.6 Å². The first-order chi connectivity index (χ1) is 9.81. The van der Waals surface area contributed by atoms with Gasteiger partial charge in [0.25, 0.3) is 0 Å². The Morgan fingerprint density at radius 2 is 1.90 bits per heavy atom. The highest BCUT2D eigenvalue weighted by Crippen LogP contribution is 2.19. The summed E-state index contributed by atoms with van der Waals surface area (Å²) in [6, 6.07) is 12.5. The number of benzene rings is 1. The first kappa shape index (κ1) is 12.8. The summed E-state index contributed by atoms with van der Waals surface area (Å²) in [5.41, 5.74) is 10.9. The number of rotatable bonds is 4. The molecule has 0 unspecified atom stereocenters.